The monoisotopic (exact) mass is 289 g/mol. The van der Waals surface area contributed by atoms with Crippen molar-refractivity contribution in [3.63, 3.8) is 0 Å². The van der Waals surface area contributed by atoms with Gasteiger partial charge in [-0.25, -0.2) is 0 Å². The first-order chi connectivity index (χ1) is 6.20. The van der Waals surface area contributed by atoms with Crippen molar-refractivity contribution in [2.45, 2.75) is 20.3 Å². The van der Waals surface area contributed by atoms with E-state index in [0.717, 1.165) is 18.5 Å². The fraction of sp³-hybridized carbons (Fsp3) is 0.300. The summed E-state index contributed by atoms with van der Waals surface area (Å²) in [6, 6.07) is 3.96. The van der Waals surface area contributed by atoms with Crippen LogP contribution in [0.5, 0.6) is 0 Å². The summed E-state index contributed by atoms with van der Waals surface area (Å²) in [5.74, 6) is 0. The molecule has 0 atom stereocenters. The summed E-state index contributed by atoms with van der Waals surface area (Å²) < 4.78 is 1.24. The van der Waals surface area contributed by atoms with E-state index in [9.17, 15) is 4.79 Å². The smallest absolute Gasteiger partial charge is 0.211 e. The summed E-state index contributed by atoms with van der Waals surface area (Å²) >= 11 is 2.30. The normalized spacial score (nSPS) is 9.77. The summed E-state index contributed by atoms with van der Waals surface area (Å²) in [5.41, 5.74) is 3.41. The van der Waals surface area contributed by atoms with Crippen molar-refractivity contribution >= 4 is 34.7 Å². The molecule has 70 valence electrons. The van der Waals surface area contributed by atoms with Gasteiger partial charge in [-0.2, -0.15) is 0 Å². The molecule has 0 radical (unpaired) electrons. The summed E-state index contributed by atoms with van der Waals surface area (Å²) in [4.78, 5) is 10.3. The quantitative estimate of drug-likeness (QED) is 0.673. The maximum Gasteiger partial charge on any atom is 0.211 e. The highest BCUT2D eigenvalue weighted by atomic mass is 127. The van der Waals surface area contributed by atoms with E-state index in [0.29, 0.717) is 0 Å². The SMILES string of the molecule is CCc1c(NC=O)ccc(I)c1C. The van der Waals surface area contributed by atoms with Crippen molar-refractivity contribution in [3.8, 4) is 0 Å². The van der Waals surface area contributed by atoms with Crippen LogP contribution in [0.4, 0.5) is 5.69 Å². The number of hydrogen-bond donors (Lipinski definition) is 1. The number of carbonyl (C=O) groups is 1. The molecule has 1 amide bonds. The number of anilines is 1. The molecule has 1 aromatic rings. The van der Waals surface area contributed by atoms with Crippen LogP contribution in [0.25, 0.3) is 0 Å². The molecule has 1 rings (SSSR count). The predicted octanol–water partition coefficient (Wildman–Crippen LogP) is 2.73. The Morgan fingerprint density at radius 1 is 1.54 bits per heavy atom. The molecule has 2 nitrogen and oxygen atoms in total. The second-order valence-electron chi connectivity index (χ2n) is 2.81. The highest BCUT2D eigenvalue weighted by Gasteiger charge is 2.05. The number of amides is 1. The molecule has 0 spiro atoms. The van der Waals surface area contributed by atoms with Gasteiger partial charge in [0, 0.05) is 9.26 Å². The minimum Gasteiger partial charge on any atom is -0.328 e. The van der Waals surface area contributed by atoms with Gasteiger partial charge >= 0.3 is 0 Å². The van der Waals surface area contributed by atoms with E-state index < -0.39 is 0 Å². The Morgan fingerprint density at radius 2 is 2.23 bits per heavy atom. The molecule has 0 saturated carbocycles. The van der Waals surface area contributed by atoms with E-state index in [4.69, 9.17) is 0 Å². The average molecular weight is 289 g/mol. The number of halogens is 1. The summed E-state index contributed by atoms with van der Waals surface area (Å²) in [5, 5.41) is 2.71. The minimum absolute atomic E-state index is 0.723. The molecule has 0 heterocycles. The summed E-state index contributed by atoms with van der Waals surface area (Å²) in [6.07, 6.45) is 1.67. The topological polar surface area (TPSA) is 29.1 Å². The highest BCUT2D eigenvalue weighted by Crippen LogP contribution is 2.24. The van der Waals surface area contributed by atoms with Gasteiger partial charge in [0.05, 0.1) is 0 Å². The zero-order chi connectivity index (χ0) is 9.84. The third kappa shape index (κ3) is 2.21. The van der Waals surface area contributed by atoms with Crippen LogP contribution in [0.2, 0.25) is 0 Å². The van der Waals surface area contributed by atoms with Gasteiger partial charge in [0.2, 0.25) is 6.41 Å². The zero-order valence-electron chi connectivity index (χ0n) is 7.73. The molecule has 1 N–H and O–H groups in total. The van der Waals surface area contributed by atoms with Crippen LogP contribution in [-0.2, 0) is 11.2 Å². The molecule has 1 aromatic carbocycles. The molecule has 0 aliphatic heterocycles. The Bertz CT molecular complexity index is 323. The van der Waals surface area contributed by atoms with Gasteiger partial charge < -0.3 is 5.32 Å². The lowest BCUT2D eigenvalue weighted by atomic mass is 10.0. The first-order valence-corrected chi connectivity index (χ1v) is 5.26. The van der Waals surface area contributed by atoms with E-state index in [1.165, 1.54) is 14.7 Å². The van der Waals surface area contributed by atoms with Gasteiger partial charge in [-0.3, -0.25) is 4.79 Å². The third-order valence-corrected chi connectivity index (χ3v) is 3.27. The number of rotatable bonds is 3. The average Bonchev–Trinajstić information content (AvgIpc) is 2.12. The van der Waals surface area contributed by atoms with E-state index in [1.807, 2.05) is 12.1 Å². The zero-order valence-corrected chi connectivity index (χ0v) is 9.88. The Kier molecular flexibility index (Phi) is 3.71. The maximum absolute atomic E-state index is 10.3. The molecule has 0 aromatic heterocycles. The van der Waals surface area contributed by atoms with Crippen LogP contribution >= 0.6 is 22.6 Å². The first kappa shape index (κ1) is 10.5. The molecule has 0 aliphatic carbocycles. The lowest BCUT2D eigenvalue weighted by Crippen LogP contribution is -2.01. The Labute approximate surface area is 91.9 Å². The molecule has 0 saturated heterocycles. The molecule has 0 fully saturated rings. The summed E-state index contributed by atoms with van der Waals surface area (Å²) in [6.45, 7) is 4.17. The van der Waals surface area contributed by atoms with Gasteiger partial charge in [0.15, 0.2) is 0 Å². The maximum atomic E-state index is 10.3. The third-order valence-electron chi connectivity index (χ3n) is 2.10. The van der Waals surface area contributed by atoms with Crippen LogP contribution in [0, 0.1) is 10.5 Å². The molecular formula is C10H12INO. The fourth-order valence-electron chi connectivity index (χ4n) is 1.38. The van der Waals surface area contributed by atoms with Crippen LogP contribution in [0.3, 0.4) is 0 Å². The van der Waals surface area contributed by atoms with E-state index in [1.54, 1.807) is 0 Å². The fourth-order valence-corrected chi connectivity index (χ4v) is 1.89. The second-order valence-corrected chi connectivity index (χ2v) is 3.98. The largest absolute Gasteiger partial charge is 0.328 e. The molecule has 0 aliphatic rings. The first-order valence-electron chi connectivity index (χ1n) is 4.18. The predicted molar refractivity (Wildman–Crippen MR) is 63.0 cm³/mol. The molecule has 3 heteroatoms. The Morgan fingerprint density at radius 3 is 2.77 bits per heavy atom. The lowest BCUT2D eigenvalue weighted by molar-refractivity contribution is -0.105. The van der Waals surface area contributed by atoms with Crippen molar-refractivity contribution in [1.82, 2.24) is 0 Å². The Hall–Kier alpha value is -0.580. The van der Waals surface area contributed by atoms with Crippen molar-refractivity contribution in [2.24, 2.45) is 0 Å². The number of nitrogens with one attached hydrogen (secondary N) is 1. The van der Waals surface area contributed by atoms with Crippen LogP contribution in [0.15, 0.2) is 12.1 Å². The second kappa shape index (κ2) is 4.60. The van der Waals surface area contributed by atoms with Crippen molar-refractivity contribution in [1.29, 1.82) is 0 Å². The van der Waals surface area contributed by atoms with Crippen molar-refractivity contribution < 1.29 is 4.79 Å². The number of carbonyl (C=O) groups excluding carboxylic acids is 1. The van der Waals surface area contributed by atoms with Gasteiger partial charge in [-0.1, -0.05) is 6.92 Å². The van der Waals surface area contributed by atoms with E-state index in [-0.39, 0.29) is 0 Å². The van der Waals surface area contributed by atoms with Gasteiger partial charge in [-0.15, -0.1) is 0 Å². The van der Waals surface area contributed by atoms with Gasteiger partial charge in [0.1, 0.15) is 0 Å². The highest BCUT2D eigenvalue weighted by molar-refractivity contribution is 14.1. The van der Waals surface area contributed by atoms with Crippen molar-refractivity contribution in [2.75, 3.05) is 5.32 Å². The minimum atomic E-state index is 0.723. The molecule has 0 bridgehead atoms. The Balaban J connectivity index is 3.20. The van der Waals surface area contributed by atoms with Crippen LogP contribution in [-0.4, -0.2) is 6.41 Å². The van der Waals surface area contributed by atoms with E-state index in [2.05, 4.69) is 41.8 Å². The molecule has 0 unspecified atom stereocenters. The molecular weight excluding hydrogens is 277 g/mol. The lowest BCUT2D eigenvalue weighted by Gasteiger charge is -2.10. The van der Waals surface area contributed by atoms with Crippen LogP contribution < -0.4 is 5.32 Å². The van der Waals surface area contributed by atoms with Crippen LogP contribution in [0.1, 0.15) is 18.1 Å². The van der Waals surface area contributed by atoms with Gasteiger partial charge in [-0.05, 0) is 59.2 Å². The summed E-state index contributed by atoms with van der Waals surface area (Å²) in [7, 11) is 0. The van der Waals surface area contributed by atoms with E-state index >= 15 is 0 Å². The molecule has 13 heavy (non-hydrogen) atoms. The number of benzene rings is 1. The standard InChI is InChI=1S/C10H12INO/c1-3-8-7(2)9(11)4-5-10(8)12-6-13/h4-6H,3H2,1-2H3,(H,12,13). The van der Waals surface area contributed by atoms with Crippen molar-refractivity contribution in [3.05, 3.63) is 26.8 Å². The number of hydrogen-bond acceptors (Lipinski definition) is 1. The van der Waals surface area contributed by atoms with Gasteiger partial charge in [0.25, 0.3) is 0 Å².